The zero-order valence-corrected chi connectivity index (χ0v) is 19.0. The molecule has 0 saturated carbocycles. The maximum Gasteiger partial charge on any atom is 0.417 e. The van der Waals surface area contributed by atoms with Crippen molar-refractivity contribution in [1.29, 1.82) is 0 Å². The van der Waals surface area contributed by atoms with E-state index < -0.39 is 68.8 Å². The van der Waals surface area contributed by atoms with Crippen LogP contribution in [0.5, 0.6) is 11.9 Å². The summed E-state index contributed by atoms with van der Waals surface area (Å²) < 4.78 is 84.1. The van der Waals surface area contributed by atoms with Gasteiger partial charge in [0.1, 0.15) is 11.1 Å². The van der Waals surface area contributed by atoms with Gasteiger partial charge in [-0.2, -0.15) is 23.1 Å². The fraction of sp³-hybridized carbons (Fsp3) is 0.526. The van der Waals surface area contributed by atoms with Gasteiger partial charge in [0.25, 0.3) is 0 Å². The number of methoxy groups -OCH3 is 1. The Bertz CT molecular complexity index is 1040. The van der Waals surface area contributed by atoms with Crippen LogP contribution in [0.2, 0.25) is 0 Å². The summed E-state index contributed by atoms with van der Waals surface area (Å²) in [6.07, 6.45) is -8.65. The first-order valence-electron chi connectivity index (χ1n) is 9.31. The number of aromatic nitrogens is 2. The Labute approximate surface area is 188 Å². The van der Waals surface area contributed by atoms with Crippen molar-refractivity contribution in [3.05, 3.63) is 21.9 Å². The van der Waals surface area contributed by atoms with E-state index in [-0.39, 0.29) is 13.1 Å². The molecule has 1 aromatic heterocycles. The maximum atomic E-state index is 14.7. The number of rotatable bonds is 3. The van der Waals surface area contributed by atoms with Crippen LogP contribution in [0.15, 0.2) is 10.5 Å². The lowest BCUT2D eigenvalue weighted by atomic mass is 10.1. The van der Waals surface area contributed by atoms with Crippen molar-refractivity contribution in [2.24, 2.45) is 0 Å². The van der Waals surface area contributed by atoms with Crippen molar-refractivity contribution in [2.45, 2.75) is 44.8 Å². The van der Waals surface area contributed by atoms with Gasteiger partial charge in [0, 0.05) is 0 Å². The van der Waals surface area contributed by atoms with E-state index in [0.29, 0.717) is 6.07 Å². The van der Waals surface area contributed by atoms with Gasteiger partial charge in [-0.25, -0.2) is 13.6 Å². The van der Waals surface area contributed by atoms with E-state index >= 15 is 0 Å². The summed E-state index contributed by atoms with van der Waals surface area (Å²) in [6.45, 7) is 4.33. The number of hydrogen-bond acceptors (Lipinski definition) is 6. The topological polar surface area (TPSA) is 73.8 Å². The van der Waals surface area contributed by atoms with Crippen molar-refractivity contribution in [3.63, 3.8) is 0 Å². The minimum Gasteiger partial charge on any atom is -0.469 e. The molecule has 1 saturated heterocycles. The Morgan fingerprint density at radius 1 is 1.22 bits per heavy atom. The van der Waals surface area contributed by atoms with Crippen molar-refractivity contribution in [2.75, 3.05) is 20.2 Å². The first-order chi connectivity index (χ1) is 14.7. The van der Waals surface area contributed by atoms with Gasteiger partial charge in [0.2, 0.25) is 5.88 Å². The Kier molecular flexibility index (Phi) is 6.42. The number of carbonyl (C=O) groups excluding carboxylic acids is 1. The number of fused-ring (bicyclic) bond motifs is 1. The molecule has 32 heavy (non-hydrogen) atoms. The van der Waals surface area contributed by atoms with Gasteiger partial charge < -0.3 is 19.1 Å². The molecule has 13 heteroatoms. The Morgan fingerprint density at radius 2 is 1.88 bits per heavy atom. The highest BCUT2D eigenvalue weighted by molar-refractivity contribution is 9.10. The molecule has 0 bridgehead atoms. The molecule has 3 rings (SSSR count). The van der Waals surface area contributed by atoms with Crippen molar-refractivity contribution in [3.8, 4) is 11.9 Å². The molecule has 0 aliphatic carbocycles. The molecule has 7 nitrogen and oxygen atoms in total. The zero-order valence-electron chi connectivity index (χ0n) is 17.4. The number of likely N-dealkylation sites (tertiary alicyclic amines) is 1. The number of carbonyl (C=O) groups is 1. The molecule has 1 fully saturated rings. The summed E-state index contributed by atoms with van der Waals surface area (Å²) in [5.74, 6) is -1.82. The minimum absolute atomic E-state index is 0.255. The summed E-state index contributed by atoms with van der Waals surface area (Å²) in [6, 6.07) is 0.209. The predicted octanol–water partition coefficient (Wildman–Crippen LogP) is 4.90. The molecule has 1 amide bonds. The largest absolute Gasteiger partial charge is 0.469 e. The third-order valence-electron chi connectivity index (χ3n) is 4.42. The van der Waals surface area contributed by atoms with Crippen molar-refractivity contribution < 1.29 is 41.0 Å². The molecule has 0 spiro atoms. The molecule has 0 radical (unpaired) electrons. The second-order valence-corrected chi connectivity index (χ2v) is 8.81. The first-order valence-corrected chi connectivity index (χ1v) is 10.1. The summed E-state index contributed by atoms with van der Waals surface area (Å²) in [4.78, 5) is 20.9. The number of hydrogen-bond donors (Lipinski definition) is 0. The molecule has 2 heterocycles. The van der Waals surface area contributed by atoms with E-state index in [2.05, 4.69) is 25.9 Å². The lowest BCUT2D eigenvalue weighted by Crippen LogP contribution is -2.36. The van der Waals surface area contributed by atoms with Gasteiger partial charge in [-0.1, -0.05) is 0 Å². The predicted molar refractivity (Wildman–Crippen MR) is 106 cm³/mol. The number of nitrogens with zero attached hydrogens (tertiary/aromatic N) is 3. The number of amides is 1. The first kappa shape index (κ1) is 24.2. The van der Waals surface area contributed by atoms with Crippen LogP contribution in [0.3, 0.4) is 0 Å². The van der Waals surface area contributed by atoms with E-state index in [4.69, 9.17) is 14.2 Å². The zero-order chi connectivity index (χ0) is 24.0. The standard InChI is InChI=1S/C19H19BrF5N3O4/c1-18(2,3)32-17(29)28-6-10(21)11(7-28)31-15-8-5-9(19(23,24)25)12(20)13(22)14(8)26-16(27-15)30-4/h5,10-11H,6-7H2,1-4H3. The molecule has 1 aromatic carbocycles. The SMILES string of the molecule is COc1nc(OC2CN(C(=O)OC(C)(C)C)CC2F)c2cc(C(F)(F)F)c(Br)c(F)c2n1. The highest BCUT2D eigenvalue weighted by Gasteiger charge is 2.40. The molecule has 2 unspecified atom stereocenters. The lowest BCUT2D eigenvalue weighted by molar-refractivity contribution is -0.138. The highest BCUT2D eigenvalue weighted by atomic mass is 79.9. The van der Waals surface area contributed by atoms with Crippen molar-refractivity contribution >= 4 is 32.9 Å². The number of alkyl halides is 4. The van der Waals surface area contributed by atoms with Gasteiger partial charge in [-0.3, -0.25) is 0 Å². The number of ether oxygens (including phenoxy) is 3. The quantitative estimate of drug-likeness (QED) is 0.529. The highest BCUT2D eigenvalue weighted by Crippen LogP contribution is 2.41. The van der Waals surface area contributed by atoms with Gasteiger partial charge in [-0.05, 0) is 42.8 Å². The van der Waals surface area contributed by atoms with Crippen LogP contribution in [0.4, 0.5) is 26.7 Å². The fourth-order valence-electron chi connectivity index (χ4n) is 3.01. The van der Waals surface area contributed by atoms with Crippen molar-refractivity contribution in [1.82, 2.24) is 14.9 Å². The molecule has 0 N–H and O–H groups in total. The molecule has 2 atom stereocenters. The van der Waals surface area contributed by atoms with Crippen LogP contribution in [0.1, 0.15) is 26.3 Å². The number of halogens is 6. The third kappa shape index (κ3) is 4.97. The second kappa shape index (κ2) is 8.49. The van der Waals surface area contributed by atoms with E-state index in [0.717, 1.165) is 4.90 Å². The Morgan fingerprint density at radius 3 is 2.44 bits per heavy atom. The van der Waals surface area contributed by atoms with Crippen LogP contribution in [-0.2, 0) is 10.9 Å². The Hall–Kier alpha value is -2.44. The molecular weight excluding hydrogens is 509 g/mol. The molecular formula is C19H19BrF5N3O4. The molecule has 2 aromatic rings. The average Bonchev–Trinajstić information content (AvgIpc) is 3.03. The van der Waals surface area contributed by atoms with E-state index in [1.165, 1.54) is 7.11 Å². The molecule has 1 aliphatic rings. The summed E-state index contributed by atoms with van der Waals surface area (Å²) in [5, 5.41) is -0.429. The van der Waals surface area contributed by atoms with Crippen LogP contribution in [-0.4, -0.2) is 59.0 Å². The van der Waals surface area contributed by atoms with E-state index in [9.17, 15) is 26.7 Å². The van der Waals surface area contributed by atoms with Crippen LogP contribution >= 0.6 is 15.9 Å². The monoisotopic (exact) mass is 527 g/mol. The summed E-state index contributed by atoms with van der Waals surface area (Å²) in [7, 11) is 1.17. The summed E-state index contributed by atoms with van der Waals surface area (Å²) >= 11 is 2.60. The second-order valence-electron chi connectivity index (χ2n) is 8.02. The average molecular weight is 528 g/mol. The normalized spacial score (nSPS) is 19.4. The Balaban J connectivity index is 1.99. The summed E-state index contributed by atoms with van der Waals surface area (Å²) in [5.41, 5.74) is -2.64. The molecule has 1 aliphatic heterocycles. The van der Waals surface area contributed by atoms with Gasteiger partial charge in [0.15, 0.2) is 18.1 Å². The van der Waals surface area contributed by atoms with E-state index in [1.807, 2.05) is 0 Å². The maximum absolute atomic E-state index is 14.7. The fourth-order valence-corrected chi connectivity index (χ4v) is 3.54. The van der Waals surface area contributed by atoms with Gasteiger partial charge in [-0.15, -0.1) is 0 Å². The molecule has 176 valence electrons. The minimum atomic E-state index is -4.89. The van der Waals surface area contributed by atoms with E-state index in [1.54, 1.807) is 20.8 Å². The van der Waals surface area contributed by atoms with Crippen LogP contribution < -0.4 is 9.47 Å². The smallest absolute Gasteiger partial charge is 0.417 e. The third-order valence-corrected chi connectivity index (χ3v) is 5.19. The number of benzene rings is 1. The lowest BCUT2D eigenvalue weighted by Gasteiger charge is -2.24. The van der Waals surface area contributed by atoms with Gasteiger partial charge >= 0.3 is 18.3 Å². The van der Waals surface area contributed by atoms with Crippen LogP contribution in [0.25, 0.3) is 10.9 Å². The van der Waals surface area contributed by atoms with Gasteiger partial charge in [0.05, 0.1) is 35.6 Å². The van der Waals surface area contributed by atoms with Crippen LogP contribution in [0, 0.1) is 5.82 Å².